The second kappa shape index (κ2) is 9.46. The van der Waals surface area contributed by atoms with E-state index >= 15 is 0 Å². The molecule has 0 saturated heterocycles. The Hall–Kier alpha value is -4.30. The molecule has 0 bridgehead atoms. The third-order valence-corrected chi connectivity index (χ3v) is 5.80. The number of alkyl carbamates (subject to hydrolysis) is 1. The summed E-state index contributed by atoms with van der Waals surface area (Å²) < 4.78 is 5.56. The lowest BCUT2D eigenvalue weighted by atomic mass is 9.98. The molecule has 5 rings (SSSR count). The van der Waals surface area contributed by atoms with Gasteiger partial charge in [0.25, 0.3) is 0 Å². The van der Waals surface area contributed by atoms with Gasteiger partial charge in [0.1, 0.15) is 6.61 Å². The smallest absolute Gasteiger partial charge is 0.407 e. The van der Waals surface area contributed by atoms with E-state index in [4.69, 9.17) is 4.74 Å². The Labute approximate surface area is 192 Å². The summed E-state index contributed by atoms with van der Waals surface area (Å²) in [6.45, 7) is 0.735. The first-order valence-corrected chi connectivity index (χ1v) is 11.0. The summed E-state index contributed by atoms with van der Waals surface area (Å²) in [6, 6.07) is 26.4. The van der Waals surface area contributed by atoms with E-state index in [1.54, 1.807) is 6.20 Å². The third-order valence-electron chi connectivity index (χ3n) is 5.80. The van der Waals surface area contributed by atoms with Crippen LogP contribution in [0.2, 0.25) is 0 Å². The van der Waals surface area contributed by atoms with Crippen LogP contribution in [-0.2, 0) is 4.74 Å². The zero-order valence-corrected chi connectivity index (χ0v) is 18.0. The molecule has 4 aromatic rings. The molecule has 1 aliphatic rings. The molecule has 2 N–H and O–H groups in total. The fourth-order valence-electron chi connectivity index (χ4n) is 4.27. The van der Waals surface area contributed by atoms with E-state index in [2.05, 4.69) is 51.6 Å². The van der Waals surface area contributed by atoms with Crippen LogP contribution in [0.25, 0.3) is 22.4 Å². The maximum Gasteiger partial charge on any atom is 0.407 e. The predicted molar refractivity (Wildman–Crippen MR) is 129 cm³/mol. The predicted octanol–water partition coefficient (Wildman–Crippen LogP) is 5.36. The SMILES string of the molecule is O=C(NCCC#Cc1ccccc1-c1ccn[nH]1)OCC1c2ccccc2-c2ccccc21. The molecule has 33 heavy (non-hydrogen) atoms. The van der Waals surface area contributed by atoms with Gasteiger partial charge in [-0.15, -0.1) is 0 Å². The Morgan fingerprint density at radius 1 is 0.909 bits per heavy atom. The number of fused-ring (bicyclic) bond motifs is 3. The van der Waals surface area contributed by atoms with E-state index in [9.17, 15) is 4.79 Å². The van der Waals surface area contributed by atoms with Crippen LogP contribution >= 0.6 is 0 Å². The number of hydrogen-bond acceptors (Lipinski definition) is 3. The minimum Gasteiger partial charge on any atom is -0.449 e. The van der Waals surface area contributed by atoms with Crippen molar-refractivity contribution in [3.05, 3.63) is 102 Å². The molecule has 0 radical (unpaired) electrons. The van der Waals surface area contributed by atoms with Crippen molar-refractivity contribution < 1.29 is 9.53 Å². The van der Waals surface area contributed by atoms with Crippen LogP contribution < -0.4 is 5.32 Å². The van der Waals surface area contributed by atoms with Crippen LogP contribution in [0.4, 0.5) is 4.79 Å². The largest absolute Gasteiger partial charge is 0.449 e. The van der Waals surface area contributed by atoms with Gasteiger partial charge in [-0.05, 0) is 34.4 Å². The molecule has 1 aromatic heterocycles. The second-order valence-electron chi connectivity index (χ2n) is 7.82. The molecular weight excluding hydrogens is 410 g/mol. The molecule has 0 atom stereocenters. The number of ether oxygens (including phenoxy) is 1. The molecule has 3 aromatic carbocycles. The lowest BCUT2D eigenvalue weighted by Gasteiger charge is -2.14. The Kier molecular flexibility index (Phi) is 5.90. The number of H-pyrrole nitrogens is 1. The normalized spacial score (nSPS) is 11.8. The van der Waals surface area contributed by atoms with E-state index in [-0.39, 0.29) is 5.92 Å². The number of amides is 1. The zero-order valence-electron chi connectivity index (χ0n) is 18.0. The maximum absolute atomic E-state index is 12.3. The lowest BCUT2D eigenvalue weighted by molar-refractivity contribution is 0.143. The van der Waals surface area contributed by atoms with Gasteiger partial charge in [0.05, 0.1) is 5.69 Å². The Morgan fingerprint density at radius 3 is 2.27 bits per heavy atom. The first kappa shape index (κ1) is 20.6. The van der Waals surface area contributed by atoms with Crippen LogP contribution in [0.1, 0.15) is 29.0 Å². The topological polar surface area (TPSA) is 67.0 Å². The van der Waals surface area contributed by atoms with Crippen molar-refractivity contribution in [2.75, 3.05) is 13.2 Å². The fourth-order valence-corrected chi connectivity index (χ4v) is 4.27. The standard InChI is InChI=1S/C28H23N3O2/c32-28(29-17-8-7-10-20-9-1-2-11-21(20)27-16-18-30-31-27)33-19-26-24-14-5-3-12-22(24)23-13-4-6-15-25(23)26/h1-6,9,11-16,18,26H,8,17,19H2,(H,29,32)(H,30,31). The van der Waals surface area contributed by atoms with Crippen LogP contribution in [0.15, 0.2) is 85.1 Å². The van der Waals surface area contributed by atoms with Gasteiger partial charge >= 0.3 is 6.09 Å². The van der Waals surface area contributed by atoms with Crippen LogP contribution in [0.3, 0.4) is 0 Å². The van der Waals surface area contributed by atoms with Gasteiger partial charge in [0.15, 0.2) is 0 Å². The summed E-state index contributed by atoms with van der Waals surface area (Å²) >= 11 is 0. The molecule has 1 amide bonds. The van der Waals surface area contributed by atoms with Gasteiger partial charge in [-0.2, -0.15) is 5.10 Å². The van der Waals surface area contributed by atoms with Crippen LogP contribution in [0.5, 0.6) is 0 Å². The highest BCUT2D eigenvalue weighted by molar-refractivity contribution is 5.79. The monoisotopic (exact) mass is 433 g/mol. The quantitative estimate of drug-likeness (QED) is 0.329. The number of aromatic amines is 1. The molecule has 1 aliphatic carbocycles. The number of carbonyl (C=O) groups is 1. The number of aromatic nitrogens is 2. The Bertz CT molecular complexity index is 1290. The van der Waals surface area contributed by atoms with Crippen LogP contribution in [0, 0.1) is 11.8 Å². The minimum absolute atomic E-state index is 0.0573. The van der Waals surface area contributed by atoms with Crippen LogP contribution in [-0.4, -0.2) is 29.4 Å². The Morgan fingerprint density at radius 2 is 1.58 bits per heavy atom. The molecule has 1 heterocycles. The van der Waals surface area contributed by atoms with Crippen molar-refractivity contribution in [3.8, 4) is 34.2 Å². The Balaban J connectivity index is 1.15. The summed E-state index contributed by atoms with van der Waals surface area (Å²) in [5.74, 6) is 6.37. The summed E-state index contributed by atoms with van der Waals surface area (Å²) in [4.78, 5) is 12.3. The van der Waals surface area contributed by atoms with E-state index in [0.29, 0.717) is 19.6 Å². The molecule has 0 unspecified atom stereocenters. The summed E-state index contributed by atoms with van der Waals surface area (Å²) in [7, 11) is 0. The van der Waals surface area contributed by atoms with Gasteiger partial charge < -0.3 is 10.1 Å². The van der Waals surface area contributed by atoms with E-state index < -0.39 is 6.09 Å². The summed E-state index contributed by atoms with van der Waals surface area (Å²) in [5.41, 5.74) is 7.69. The third kappa shape index (κ3) is 4.37. The van der Waals surface area contributed by atoms with Gasteiger partial charge in [0.2, 0.25) is 0 Å². The van der Waals surface area contributed by atoms with Crippen molar-refractivity contribution >= 4 is 6.09 Å². The van der Waals surface area contributed by atoms with E-state index in [1.807, 2.05) is 54.6 Å². The van der Waals surface area contributed by atoms with E-state index in [0.717, 1.165) is 16.8 Å². The fraction of sp³-hybridized carbons (Fsp3) is 0.143. The molecule has 5 heteroatoms. The van der Waals surface area contributed by atoms with Gasteiger partial charge in [0, 0.05) is 36.2 Å². The zero-order chi connectivity index (χ0) is 22.5. The minimum atomic E-state index is -0.420. The van der Waals surface area contributed by atoms with Gasteiger partial charge in [-0.25, -0.2) is 4.79 Å². The highest BCUT2D eigenvalue weighted by Crippen LogP contribution is 2.44. The molecule has 0 aliphatic heterocycles. The summed E-state index contributed by atoms with van der Waals surface area (Å²) in [6.07, 6.45) is 1.83. The van der Waals surface area contributed by atoms with Crippen molar-refractivity contribution in [1.29, 1.82) is 0 Å². The van der Waals surface area contributed by atoms with E-state index in [1.165, 1.54) is 22.3 Å². The van der Waals surface area contributed by atoms with Gasteiger partial charge in [-0.3, -0.25) is 5.10 Å². The number of hydrogen-bond donors (Lipinski definition) is 2. The number of rotatable bonds is 5. The molecule has 0 fully saturated rings. The second-order valence-corrected chi connectivity index (χ2v) is 7.82. The molecule has 162 valence electrons. The highest BCUT2D eigenvalue weighted by Gasteiger charge is 2.28. The number of carbonyl (C=O) groups excluding carboxylic acids is 1. The molecule has 0 saturated carbocycles. The average Bonchev–Trinajstić information content (AvgIpc) is 3.50. The first-order valence-electron chi connectivity index (χ1n) is 11.0. The lowest BCUT2D eigenvalue weighted by Crippen LogP contribution is -2.26. The average molecular weight is 434 g/mol. The van der Waals surface area contributed by atoms with Crippen molar-refractivity contribution in [1.82, 2.24) is 15.5 Å². The number of nitrogens with one attached hydrogen (secondary N) is 2. The highest BCUT2D eigenvalue weighted by atomic mass is 16.5. The number of benzene rings is 3. The summed E-state index contributed by atoms with van der Waals surface area (Å²) in [5, 5.41) is 9.78. The molecular formula is C28H23N3O2. The molecule has 5 nitrogen and oxygen atoms in total. The maximum atomic E-state index is 12.3. The first-order chi connectivity index (χ1) is 16.3. The van der Waals surface area contributed by atoms with Crippen molar-refractivity contribution in [3.63, 3.8) is 0 Å². The van der Waals surface area contributed by atoms with Crippen molar-refractivity contribution in [2.45, 2.75) is 12.3 Å². The number of nitrogens with zero attached hydrogens (tertiary/aromatic N) is 1. The molecule has 0 spiro atoms. The van der Waals surface area contributed by atoms with Crippen molar-refractivity contribution in [2.24, 2.45) is 0 Å². The van der Waals surface area contributed by atoms with Gasteiger partial charge in [-0.1, -0.05) is 78.6 Å².